The minimum atomic E-state index is -0.277. The highest BCUT2D eigenvalue weighted by Gasteiger charge is 2.28. The summed E-state index contributed by atoms with van der Waals surface area (Å²) in [6.07, 6.45) is 0.327. The van der Waals surface area contributed by atoms with Crippen LogP contribution in [0.2, 0.25) is 0 Å². The normalized spacial score (nSPS) is 24.7. The van der Waals surface area contributed by atoms with Gasteiger partial charge in [-0.05, 0) is 43.0 Å². The number of hydrogen-bond donors (Lipinski definition) is 2. The molecule has 134 valence electrons. The molecule has 0 aliphatic carbocycles. The molecule has 1 fully saturated rings. The number of ether oxygens (including phenoxy) is 1. The molecular weight excluding hydrogens is 339 g/mol. The molecule has 1 aliphatic rings. The van der Waals surface area contributed by atoms with Crippen LogP contribution in [-0.4, -0.2) is 37.7 Å². The van der Waals surface area contributed by atoms with Crippen molar-refractivity contribution in [3.05, 3.63) is 58.0 Å². The topological polar surface area (TPSA) is 42.8 Å². The van der Waals surface area contributed by atoms with E-state index < -0.39 is 0 Å². The van der Waals surface area contributed by atoms with Crippen LogP contribution in [-0.2, 0) is 9.53 Å². The van der Waals surface area contributed by atoms with Crippen molar-refractivity contribution in [2.45, 2.75) is 32.1 Å². The van der Waals surface area contributed by atoms with Crippen LogP contribution < -0.4 is 10.2 Å². The Hall–Kier alpha value is -1.76. The molecule has 0 spiro atoms. The second-order valence-corrected chi connectivity index (χ2v) is 7.64. The van der Waals surface area contributed by atoms with Crippen LogP contribution in [0.5, 0.6) is 0 Å². The summed E-state index contributed by atoms with van der Waals surface area (Å²) in [6, 6.07) is 10.0. The number of morpholine rings is 1. The van der Waals surface area contributed by atoms with Crippen molar-refractivity contribution in [3.63, 3.8) is 0 Å². The Morgan fingerprint density at radius 3 is 2.56 bits per heavy atom. The van der Waals surface area contributed by atoms with E-state index in [1.54, 1.807) is 23.5 Å². The van der Waals surface area contributed by atoms with Gasteiger partial charge in [0.25, 0.3) is 5.91 Å². The highest BCUT2D eigenvalue weighted by molar-refractivity contribution is 7.10. The zero-order valence-corrected chi connectivity index (χ0v) is 15.3. The molecule has 1 saturated heterocycles. The van der Waals surface area contributed by atoms with Crippen LogP contribution in [0, 0.1) is 5.82 Å². The molecule has 4 atom stereocenters. The molecule has 1 unspecified atom stereocenters. The Morgan fingerprint density at radius 2 is 1.96 bits per heavy atom. The molecule has 1 amide bonds. The number of halogens is 1. The van der Waals surface area contributed by atoms with Crippen LogP contribution in [0.25, 0.3) is 0 Å². The van der Waals surface area contributed by atoms with E-state index in [1.165, 1.54) is 17.0 Å². The van der Waals surface area contributed by atoms with Gasteiger partial charge in [0, 0.05) is 4.88 Å². The number of quaternary nitrogens is 1. The Labute approximate surface area is 151 Å². The van der Waals surface area contributed by atoms with Crippen LogP contribution in [0.4, 0.5) is 4.39 Å². The number of amides is 1. The average molecular weight is 363 g/mol. The van der Waals surface area contributed by atoms with Crippen molar-refractivity contribution < 1.29 is 18.8 Å². The zero-order valence-electron chi connectivity index (χ0n) is 14.5. The van der Waals surface area contributed by atoms with Gasteiger partial charge in [0.15, 0.2) is 6.54 Å². The summed E-state index contributed by atoms with van der Waals surface area (Å²) in [6.45, 7) is 6.16. The molecule has 3 rings (SSSR count). The van der Waals surface area contributed by atoms with Crippen LogP contribution >= 0.6 is 11.3 Å². The first-order chi connectivity index (χ1) is 12.0. The van der Waals surface area contributed by atoms with E-state index in [-0.39, 0.29) is 30.0 Å². The molecule has 2 heterocycles. The van der Waals surface area contributed by atoms with Crippen molar-refractivity contribution in [1.82, 2.24) is 5.32 Å². The average Bonchev–Trinajstić information content (AvgIpc) is 3.06. The third kappa shape index (κ3) is 4.87. The summed E-state index contributed by atoms with van der Waals surface area (Å²) in [4.78, 5) is 14.9. The van der Waals surface area contributed by atoms with Crippen LogP contribution in [0.3, 0.4) is 0 Å². The number of rotatable bonds is 5. The number of benzene rings is 1. The van der Waals surface area contributed by atoms with E-state index >= 15 is 0 Å². The lowest BCUT2D eigenvalue weighted by molar-refractivity contribution is -0.907. The number of hydrogen-bond acceptors (Lipinski definition) is 3. The summed E-state index contributed by atoms with van der Waals surface area (Å²) in [5.41, 5.74) is 0.885. The second kappa shape index (κ2) is 8.08. The van der Waals surface area contributed by atoms with Gasteiger partial charge in [-0.15, -0.1) is 11.3 Å². The fraction of sp³-hybridized carbons (Fsp3) is 0.421. The van der Waals surface area contributed by atoms with Crippen molar-refractivity contribution >= 4 is 17.2 Å². The molecule has 2 aromatic rings. The lowest BCUT2D eigenvalue weighted by Crippen LogP contribution is -3.16. The first kappa shape index (κ1) is 18.0. The Morgan fingerprint density at radius 1 is 1.28 bits per heavy atom. The quantitative estimate of drug-likeness (QED) is 0.851. The number of carbonyl (C=O) groups is 1. The number of carbonyl (C=O) groups excluding carboxylic acids is 1. The van der Waals surface area contributed by atoms with Gasteiger partial charge in [-0.2, -0.15) is 0 Å². The van der Waals surface area contributed by atoms with E-state index in [0.717, 1.165) is 23.5 Å². The molecule has 1 aliphatic heterocycles. The Balaban J connectivity index is 1.70. The third-order valence-electron chi connectivity index (χ3n) is 4.36. The lowest BCUT2D eigenvalue weighted by Gasteiger charge is -2.32. The van der Waals surface area contributed by atoms with Gasteiger partial charge >= 0.3 is 0 Å². The minimum Gasteiger partial charge on any atom is -0.364 e. The van der Waals surface area contributed by atoms with Crippen molar-refractivity contribution in [2.75, 3.05) is 19.6 Å². The smallest absolute Gasteiger partial charge is 0.275 e. The molecule has 0 bridgehead atoms. The predicted molar refractivity (Wildman–Crippen MR) is 96.3 cm³/mol. The fourth-order valence-electron chi connectivity index (χ4n) is 3.40. The van der Waals surface area contributed by atoms with Gasteiger partial charge in [0.05, 0.1) is 6.04 Å². The Kier molecular flexibility index (Phi) is 5.83. The monoisotopic (exact) mass is 363 g/mol. The fourth-order valence-corrected chi connectivity index (χ4v) is 4.20. The first-order valence-electron chi connectivity index (χ1n) is 8.58. The van der Waals surface area contributed by atoms with Crippen LogP contribution in [0.15, 0.2) is 41.8 Å². The third-order valence-corrected chi connectivity index (χ3v) is 5.30. The number of nitrogens with one attached hydrogen (secondary N) is 2. The van der Waals surface area contributed by atoms with Gasteiger partial charge in [0.1, 0.15) is 31.1 Å². The van der Waals surface area contributed by atoms with E-state index in [2.05, 4.69) is 5.32 Å². The van der Waals surface area contributed by atoms with Crippen molar-refractivity contribution in [2.24, 2.45) is 0 Å². The van der Waals surface area contributed by atoms with E-state index in [0.29, 0.717) is 6.54 Å². The van der Waals surface area contributed by atoms with E-state index in [1.807, 2.05) is 31.4 Å². The molecule has 0 saturated carbocycles. The largest absolute Gasteiger partial charge is 0.364 e. The van der Waals surface area contributed by atoms with Crippen molar-refractivity contribution in [1.29, 1.82) is 0 Å². The maximum atomic E-state index is 13.2. The summed E-state index contributed by atoms with van der Waals surface area (Å²) < 4.78 is 19.0. The standard InChI is InChI=1S/C19H23FN2O2S/c1-13-10-22(11-14(2)24-13)12-18(23)21-19(17-4-3-9-25-17)15-5-7-16(20)8-6-15/h3-9,13-14,19H,10-12H2,1-2H3,(H,21,23)/p+1/t13-,14+,19-/m0/s1. The molecule has 6 heteroatoms. The number of thiophene rings is 1. The summed E-state index contributed by atoms with van der Waals surface area (Å²) >= 11 is 1.58. The van der Waals surface area contributed by atoms with Gasteiger partial charge in [-0.1, -0.05) is 18.2 Å². The van der Waals surface area contributed by atoms with E-state index in [4.69, 9.17) is 4.74 Å². The zero-order chi connectivity index (χ0) is 17.8. The molecule has 4 nitrogen and oxygen atoms in total. The maximum absolute atomic E-state index is 13.2. The Bertz CT molecular complexity index is 680. The maximum Gasteiger partial charge on any atom is 0.275 e. The molecule has 1 aromatic heterocycles. The molecule has 2 N–H and O–H groups in total. The van der Waals surface area contributed by atoms with Crippen LogP contribution in [0.1, 0.15) is 30.3 Å². The highest BCUT2D eigenvalue weighted by Crippen LogP contribution is 2.26. The molecule has 25 heavy (non-hydrogen) atoms. The SMILES string of the molecule is C[C@@H]1C[NH+](CC(=O)N[C@@H](c2ccc(F)cc2)c2cccs2)C[C@H](C)O1. The molecular formula is C19H24FN2O2S+. The second-order valence-electron chi connectivity index (χ2n) is 6.66. The predicted octanol–water partition coefficient (Wildman–Crippen LogP) is 1.78. The van der Waals surface area contributed by atoms with Gasteiger partial charge < -0.3 is 15.0 Å². The van der Waals surface area contributed by atoms with Gasteiger partial charge in [-0.3, -0.25) is 4.79 Å². The van der Waals surface area contributed by atoms with Gasteiger partial charge in [-0.25, -0.2) is 4.39 Å². The first-order valence-corrected chi connectivity index (χ1v) is 9.46. The molecule has 1 aromatic carbocycles. The molecule has 0 radical (unpaired) electrons. The highest BCUT2D eigenvalue weighted by atomic mass is 32.1. The minimum absolute atomic E-state index is 0.000903. The summed E-state index contributed by atoms with van der Waals surface area (Å²) in [5, 5.41) is 5.10. The van der Waals surface area contributed by atoms with Crippen molar-refractivity contribution in [3.8, 4) is 0 Å². The lowest BCUT2D eigenvalue weighted by atomic mass is 10.1. The van der Waals surface area contributed by atoms with Gasteiger partial charge in [0.2, 0.25) is 0 Å². The van der Waals surface area contributed by atoms with E-state index in [9.17, 15) is 9.18 Å². The summed E-state index contributed by atoms with van der Waals surface area (Å²) in [5.74, 6) is -0.278. The summed E-state index contributed by atoms with van der Waals surface area (Å²) in [7, 11) is 0.